The van der Waals surface area contributed by atoms with Crippen LogP contribution in [0.5, 0.6) is 0 Å². The number of rotatable bonds is 6. The summed E-state index contributed by atoms with van der Waals surface area (Å²) < 4.78 is 13.9. The van der Waals surface area contributed by atoms with Gasteiger partial charge in [0.25, 0.3) is 5.91 Å². The fourth-order valence-corrected chi connectivity index (χ4v) is 3.10. The highest BCUT2D eigenvalue weighted by atomic mass is 35.5. The summed E-state index contributed by atoms with van der Waals surface area (Å²) in [5.41, 5.74) is 3.46. The van der Waals surface area contributed by atoms with Crippen LogP contribution in [0, 0.1) is 12.7 Å². The Balaban J connectivity index is 2.06. The number of para-hydroxylation sites is 1. The first-order valence-corrected chi connectivity index (χ1v) is 8.81. The number of halogens is 2. The minimum absolute atomic E-state index is 0.0961. The van der Waals surface area contributed by atoms with Crippen molar-refractivity contribution in [2.75, 3.05) is 18.9 Å². The Morgan fingerprint density at radius 3 is 2.56 bits per heavy atom. The molecule has 0 spiro atoms. The van der Waals surface area contributed by atoms with Crippen molar-refractivity contribution in [3.63, 3.8) is 0 Å². The number of amides is 1. The fourth-order valence-electron chi connectivity index (χ4n) is 2.87. The number of aryl methyl sites for hydroxylation is 1. The van der Waals surface area contributed by atoms with Crippen molar-refractivity contribution in [3.05, 3.63) is 63.9 Å². The average molecular weight is 364 g/mol. The van der Waals surface area contributed by atoms with Crippen molar-refractivity contribution in [2.45, 2.75) is 33.2 Å². The third-order valence-electron chi connectivity index (χ3n) is 4.19. The van der Waals surface area contributed by atoms with E-state index >= 15 is 0 Å². The molecule has 0 radical (unpaired) electrons. The van der Waals surface area contributed by atoms with E-state index in [4.69, 9.17) is 11.6 Å². The standard InChI is InChI=1S/C20H24ClFN2O/c1-13(2)15-8-5-7-14(3)20(15)23-19(25)12-24(4)11-16-17(21)9-6-10-18(16)22/h5-10,13H,11-12H2,1-4H3,(H,23,25)/p+1. The van der Waals surface area contributed by atoms with E-state index in [9.17, 15) is 9.18 Å². The van der Waals surface area contributed by atoms with Gasteiger partial charge in [0.2, 0.25) is 0 Å². The quantitative estimate of drug-likeness (QED) is 0.808. The second kappa shape index (κ2) is 8.45. The lowest BCUT2D eigenvalue weighted by Gasteiger charge is -2.18. The Kier molecular flexibility index (Phi) is 6.57. The van der Waals surface area contributed by atoms with E-state index < -0.39 is 0 Å². The second-order valence-electron chi connectivity index (χ2n) is 6.75. The zero-order valence-corrected chi connectivity index (χ0v) is 15.9. The van der Waals surface area contributed by atoms with Gasteiger partial charge in [-0.3, -0.25) is 4.79 Å². The normalized spacial score (nSPS) is 12.3. The first-order chi connectivity index (χ1) is 11.8. The highest BCUT2D eigenvalue weighted by Gasteiger charge is 2.17. The number of hydrogen-bond acceptors (Lipinski definition) is 1. The van der Waals surface area contributed by atoms with Gasteiger partial charge in [0.05, 0.1) is 17.6 Å². The molecule has 2 aromatic carbocycles. The summed E-state index contributed by atoms with van der Waals surface area (Å²) in [7, 11) is 1.85. The predicted molar refractivity (Wildman–Crippen MR) is 101 cm³/mol. The van der Waals surface area contributed by atoms with Crippen molar-refractivity contribution in [3.8, 4) is 0 Å². The smallest absolute Gasteiger partial charge is 0.279 e. The molecule has 0 fully saturated rings. The molecule has 0 heterocycles. The maximum atomic E-state index is 13.9. The molecule has 0 aromatic heterocycles. The largest absolute Gasteiger partial charge is 0.326 e. The molecule has 5 heteroatoms. The van der Waals surface area contributed by atoms with E-state index in [1.165, 1.54) is 6.07 Å². The lowest BCUT2D eigenvalue weighted by Crippen LogP contribution is -3.08. The molecule has 134 valence electrons. The zero-order valence-electron chi connectivity index (χ0n) is 15.1. The van der Waals surface area contributed by atoms with Crippen LogP contribution in [-0.4, -0.2) is 19.5 Å². The van der Waals surface area contributed by atoms with Crippen LogP contribution in [0.4, 0.5) is 10.1 Å². The molecular weight excluding hydrogens is 339 g/mol. The summed E-state index contributed by atoms with van der Waals surface area (Å²) in [5, 5.41) is 3.41. The monoisotopic (exact) mass is 363 g/mol. The molecule has 2 N–H and O–H groups in total. The number of hydrogen-bond donors (Lipinski definition) is 2. The van der Waals surface area contributed by atoms with Crippen LogP contribution in [0.1, 0.15) is 36.5 Å². The molecule has 3 nitrogen and oxygen atoms in total. The maximum absolute atomic E-state index is 13.9. The van der Waals surface area contributed by atoms with Crippen LogP contribution in [0.3, 0.4) is 0 Å². The predicted octanol–water partition coefficient (Wildman–Crippen LogP) is 3.56. The summed E-state index contributed by atoms with van der Waals surface area (Å²) in [6.07, 6.45) is 0. The Morgan fingerprint density at radius 1 is 1.24 bits per heavy atom. The summed E-state index contributed by atoms with van der Waals surface area (Å²) >= 11 is 6.06. The molecule has 0 aliphatic carbocycles. The van der Waals surface area contributed by atoms with Gasteiger partial charge >= 0.3 is 0 Å². The SMILES string of the molecule is Cc1cccc(C(C)C)c1NC(=O)C[NH+](C)Cc1c(F)cccc1Cl. The van der Waals surface area contributed by atoms with E-state index in [0.717, 1.165) is 21.7 Å². The van der Waals surface area contributed by atoms with E-state index in [0.29, 0.717) is 23.0 Å². The number of anilines is 1. The fraction of sp³-hybridized carbons (Fsp3) is 0.350. The Labute approximate surface area is 153 Å². The van der Waals surface area contributed by atoms with Gasteiger partial charge in [0.15, 0.2) is 6.54 Å². The van der Waals surface area contributed by atoms with E-state index in [1.54, 1.807) is 12.1 Å². The molecule has 1 amide bonds. The van der Waals surface area contributed by atoms with Crippen molar-refractivity contribution >= 4 is 23.2 Å². The Bertz CT molecular complexity index is 741. The minimum Gasteiger partial charge on any atom is -0.326 e. The van der Waals surface area contributed by atoms with Crippen LogP contribution >= 0.6 is 11.6 Å². The number of carbonyl (C=O) groups is 1. The number of carbonyl (C=O) groups excluding carboxylic acids is 1. The van der Waals surface area contributed by atoms with Crippen molar-refractivity contribution < 1.29 is 14.1 Å². The van der Waals surface area contributed by atoms with E-state index in [-0.39, 0.29) is 18.3 Å². The van der Waals surface area contributed by atoms with Gasteiger partial charge in [-0.2, -0.15) is 0 Å². The number of nitrogens with one attached hydrogen (secondary N) is 2. The summed E-state index contributed by atoms with van der Waals surface area (Å²) in [4.78, 5) is 13.3. The maximum Gasteiger partial charge on any atom is 0.279 e. The molecular formula is C20H25ClFN2O+. The van der Waals surface area contributed by atoms with Gasteiger partial charge in [-0.05, 0) is 36.1 Å². The average Bonchev–Trinajstić information content (AvgIpc) is 2.52. The van der Waals surface area contributed by atoms with Crippen LogP contribution in [-0.2, 0) is 11.3 Å². The Hall–Kier alpha value is -1.91. The minimum atomic E-state index is -0.340. The van der Waals surface area contributed by atoms with Crippen LogP contribution in [0.25, 0.3) is 0 Å². The first kappa shape index (κ1) is 19.4. The summed E-state index contributed by atoms with van der Waals surface area (Å²) in [6.45, 7) is 6.77. The van der Waals surface area contributed by atoms with Crippen LogP contribution in [0.15, 0.2) is 36.4 Å². The third-order valence-corrected chi connectivity index (χ3v) is 4.55. The number of likely N-dealkylation sites (N-methyl/N-ethyl adjacent to an activating group) is 1. The van der Waals surface area contributed by atoms with Gasteiger partial charge < -0.3 is 10.2 Å². The van der Waals surface area contributed by atoms with Crippen molar-refractivity contribution in [1.29, 1.82) is 0 Å². The van der Waals surface area contributed by atoms with Crippen molar-refractivity contribution in [1.82, 2.24) is 0 Å². The Morgan fingerprint density at radius 2 is 1.92 bits per heavy atom. The lowest BCUT2D eigenvalue weighted by molar-refractivity contribution is -0.885. The summed E-state index contributed by atoms with van der Waals surface area (Å²) in [5.74, 6) is -0.119. The van der Waals surface area contributed by atoms with Gasteiger partial charge in [-0.25, -0.2) is 4.39 Å². The van der Waals surface area contributed by atoms with Crippen LogP contribution < -0.4 is 10.2 Å². The topological polar surface area (TPSA) is 33.5 Å². The summed E-state index contributed by atoms with van der Waals surface area (Å²) in [6, 6.07) is 10.6. The molecule has 2 rings (SSSR count). The molecule has 0 saturated carbocycles. The number of quaternary nitrogens is 1. The third kappa shape index (κ3) is 5.03. The molecule has 0 saturated heterocycles. The molecule has 0 bridgehead atoms. The second-order valence-corrected chi connectivity index (χ2v) is 7.16. The molecule has 1 unspecified atom stereocenters. The van der Waals surface area contributed by atoms with Gasteiger partial charge in [0.1, 0.15) is 12.4 Å². The highest BCUT2D eigenvalue weighted by molar-refractivity contribution is 6.31. The molecule has 2 aromatic rings. The molecule has 0 aliphatic heterocycles. The highest BCUT2D eigenvalue weighted by Crippen LogP contribution is 2.27. The van der Waals surface area contributed by atoms with E-state index in [1.807, 2.05) is 32.2 Å². The number of benzene rings is 2. The van der Waals surface area contributed by atoms with E-state index in [2.05, 4.69) is 19.2 Å². The zero-order chi connectivity index (χ0) is 18.6. The van der Waals surface area contributed by atoms with Crippen LogP contribution in [0.2, 0.25) is 5.02 Å². The lowest BCUT2D eigenvalue weighted by atomic mass is 9.98. The van der Waals surface area contributed by atoms with Gasteiger partial charge in [-0.1, -0.05) is 49.7 Å². The molecule has 1 atom stereocenters. The van der Waals surface area contributed by atoms with Gasteiger partial charge in [0, 0.05) is 5.69 Å². The first-order valence-electron chi connectivity index (χ1n) is 8.43. The molecule has 25 heavy (non-hydrogen) atoms. The van der Waals surface area contributed by atoms with Gasteiger partial charge in [-0.15, -0.1) is 0 Å². The molecule has 0 aliphatic rings. The van der Waals surface area contributed by atoms with Crippen molar-refractivity contribution in [2.24, 2.45) is 0 Å².